The van der Waals surface area contributed by atoms with E-state index in [0.717, 1.165) is 16.2 Å². The van der Waals surface area contributed by atoms with E-state index in [9.17, 15) is 4.79 Å². The molecule has 27 heavy (non-hydrogen) atoms. The summed E-state index contributed by atoms with van der Waals surface area (Å²) in [6.07, 6.45) is 6.66. The van der Waals surface area contributed by atoms with Crippen molar-refractivity contribution in [2.24, 2.45) is 12.0 Å². The Morgan fingerprint density at radius 1 is 1.19 bits per heavy atom. The predicted octanol–water partition coefficient (Wildman–Crippen LogP) is 4.80. The van der Waals surface area contributed by atoms with Gasteiger partial charge in [0.05, 0.1) is 12.5 Å². The van der Waals surface area contributed by atoms with Gasteiger partial charge < -0.3 is 9.88 Å². The Morgan fingerprint density at radius 3 is 2.48 bits per heavy atom. The Morgan fingerprint density at radius 2 is 1.85 bits per heavy atom. The van der Waals surface area contributed by atoms with Crippen LogP contribution in [0.3, 0.4) is 0 Å². The van der Waals surface area contributed by atoms with Crippen LogP contribution < -0.4 is 10.1 Å². The molecule has 1 amide bonds. The van der Waals surface area contributed by atoms with Crippen LogP contribution >= 0.6 is 11.3 Å². The number of carbonyl (C=O) groups excluding carboxylic acids is 1. The molecule has 2 aromatic rings. The van der Waals surface area contributed by atoms with E-state index in [1.807, 2.05) is 19.2 Å². The lowest BCUT2D eigenvalue weighted by Crippen LogP contribution is -2.22. The van der Waals surface area contributed by atoms with Crippen LogP contribution in [0.25, 0.3) is 0 Å². The lowest BCUT2D eigenvalue weighted by Gasteiger charge is -2.19. The molecule has 4 nitrogen and oxygen atoms in total. The van der Waals surface area contributed by atoms with Crippen molar-refractivity contribution in [2.45, 2.75) is 70.8 Å². The highest BCUT2D eigenvalue weighted by Crippen LogP contribution is 2.23. The van der Waals surface area contributed by atoms with Crippen LogP contribution in [0.15, 0.2) is 34.6 Å². The Labute approximate surface area is 166 Å². The third kappa shape index (κ3) is 5.32. The van der Waals surface area contributed by atoms with E-state index >= 15 is 0 Å². The number of nitrogens with zero attached hydrogens (tertiary/aromatic N) is 2. The van der Waals surface area contributed by atoms with Crippen molar-refractivity contribution in [3.8, 4) is 0 Å². The standard InChI is InChI=1S/C22H31N3OS/c1-22(2,3)16-10-12-18(13-11-16)23-20(26)14-19-15-27-21(25(19)4)24-17-8-6-5-7-9-17/h10-13,15,17H,5-9,14H2,1-4H3,(H,23,26). The number of rotatable bonds is 4. The van der Waals surface area contributed by atoms with Gasteiger partial charge in [-0.2, -0.15) is 0 Å². The summed E-state index contributed by atoms with van der Waals surface area (Å²) in [5.74, 6) is 0.0103. The van der Waals surface area contributed by atoms with Gasteiger partial charge in [-0.15, -0.1) is 11.3 Å². The van der Waals surface area contributed by atoms with Gasteiger partial charge in [0.25, 0.3) is 0 Å². The highest BCUT2D eigenvalue weighted by molar-refractivity contribution is 7.07. The minimum Gasteiger partial charge on any atom is -0.326 e. The predicted molar refractivity (Wildman–Crippen MR) is 113 cm³/mol. The summed E-state index contributed by atoms with van der Waals surface area (Å²) < 4.78 is 2.07. The van der Waals surface area contributed by atoms with Gasteiger partial charge in [-0.1, -0.05) is 52.2 Å². The van der Waals surface area contributed by atoms with Crippen LogP contribution in [-0.4, -0.2) is 16.5 Å². The summed E-state index contributed by atoms with van der Waals surface area (Å²) in [4.78, 5) is 18.4. The van der Waals surface area contributed by atoms with Crippen molar-refractivity contribution in [1.29, 1.82) is 0 Å². The summed E-state index contributed by atoms with van der Waals surface area (Å²) in [7, 11) is 2.01. The van der Waals surface area contributed by atoms with Crippen LogP contribution in [-0.2, 0) is 23.7 Å². The van der Waals surface area contributed by atoms with Crippen molar-refractivity contribution in [1.82, 2.24) is 4.57 Å². The molecule has 0 spiro atoms. The number of aromatic nitrogens is 1. The Hall–Kier alpha value is -1.88. The molecule has 0 atom stereocenters. The smallest absolute Gasteiger partial charge is 0.230 e. The fraction of sp³-hybridized carbons (Fsp3) is 0.545. The molecule has 3 rings (SSSR count). The molecule has 1 aliphatic carbocycles. The number of amides is 1. The van der Waals surface area contributed by atoms with Crippen LogP contribution in [0.1, 0.15) is 64.1 Å². The molecule has 0 bridgehead atoms. The molecular weight excluding hydrogens is 354 g/mol. The summed E-state index contributed by atoms with van der Waals surface area (Å²) in [5, 5.41) is 5.07. The molecule has 1 aromatic heterocycles. The fourth-order valence-corrected chi connectivity index (χ4v) is 4.44. The number of nitrogens with one attached hydrogen (secondary N) is 1. The highest BCUT2D eigenvalue weighted by atomic mass is 32.1. The number of anilines is 1. The normalized spacial score (nSPS) is 16.5. The second-order valence-corrected chi connectivity index (χ2v) is 9.38. The molecule has 1 saturated carbocycles. The van der Waals surface area contributed by atoms with Crippen molar-refractivity contribution >= 4 is 22.9 Å². The molecule has 1 aromatic carbocycles. The van der Waals surface area contributed by atoms with E-state index < -0.39 is 0 Å². The summed E-state index contributed by atoms with van der Waals surface area (Å²) in [6.45, 7) is 6.56. The quantitative estimate of drug-likeness (QED) is 0.807. The lowest BCUT2D eigenvalue weighted by atomic mass is 9.87. The molecule has 146 valence electrons. The molecular formula is C22H31N3OS. The molecule has 1 heterocycles. The molecule has 1 N–H and O–H groups in total. The van der Waals surface area contributed by atoms with Crippen molar-refractivity contribution in [2.75, 3.05) is 5.32 Å². The number of benzene rings is 1. The first-order valence-electron chi connectivity index (χ1n) is 9.90. The lowest BCUT2D eigenvalue weighted by molar-refractivity contribution is -0.115. The van der Waals surface area contributed by atoms with E-state index in [1.165, 1.54) is 37.7 Å². The maximum atomic E-state index is 12.5. The van der Waals surface area contributed by atoms with E-state index in [4.69, 9.17) is 4.99 Å². The van der Waals surface area contributed by atoms with Crippen LogP contribution in [0, 0.1) is 0 Å². The van der Waals surface area contributed by atoms with Crippen molar-refractivity contribution in [3.05, 3.63) is 45.7 Å². The van der Waals surface area contributed by atoms with Gasteiger partial charge in [0, 0.05) is 23.8 Å². The van der Waals surface area contributed by atoms with Gasteiger partial charge >= 0.3 is 0 Å². The highest BCUT2D eigenvalue weighted by Gasteiger charge is 2.15. The molecule has 0 radical (unpaired) electrons. The van der Waals surface area contributed by atoms with Crippen molar-refractivity contribution < 1.29 is 4.79 Å². The number of hydrogen-bond acceptors (Lipinski definition) is 3. The third-order valence-corrected chi connectivity index (χ3v) is 6.24. The zero-order valence-corrected chi connectivity index (χ0v) is 17.7. The van der Waals surface area contributed by atoms with E-state index in [0.29, 0.717) is 12.5 Å². The van der Waals surface area contributed by atoms with Crippen LogP contribution in [0.5, 0.6) is 0 Å². The van der Waals surface area contributed by atoms with E-state index in [-0.39, 0.29) is 11.3 Å². The van der Waals surface area contributed by atoms with Gasteiger partial charge in [0.15, 0.2) is 4.80 Å². The number of carbonyl (C=O) groups is 1. The zero-order valence-electron chi connectivity index (χ0n) is 16.9. The maximum Gasteiger partial charge on any atom is 0.230 e. The van der Waals surface area contributed by atoms with Crippen LogP contribution in [0.2, 0.25) is 0 Å². The van der Waals surface area contributed by atoms with Gasteiger partial charge in [-0.3, -0.25) is 9.79 Å². The molecule has 1 aliphatic rings. The van der Waals surface area contributed by atoms with Gasteiger partial charge in [-0.05, 0) is 36.0 Å². The van der Waals surface area contributed by atoms with E-state index in [2.05, 4.69) is 48.2 Å². The van der Waals surface area contributed by atoms with Crippen molar-refractivity contribution in [3.63, 3.8) is 0 Å². The molecule has 0 unspecified atom stereocenters. The molecule has 0 saturated heterocycles. The Kier molecular flexibility index (Phi) is 6.20. The molecule has 5 heteroatoms. The third-order valence-electron chi connectivity index (χ3n) is 5.26. The average molecular weight is 386 g/mol. The first-order chi connectivity index (χ1) is 12.8. The summed E-state index contributed by atoms with van der Waals surface area (Å²) in [5.41, 5.74) is 3.24. The Balaban J connectivity index is 1.63. The minimum atomic E-state index is 0.0103. The largest absolute Gasteiger partial charge is 0.326 e. The number of hydrogen-bond donors (Lipinski definition) is 1. The maximum absolute atomic E-state index is 12.5. The Bertz CT molecular complexity index is 834. The van der Waals surface area contributed by atoms with Gasteiger partial charge in [-0.25, -0.2) is 0 Å². The average Bonchev–Trinajstić information content (AvgIpc) is 2.95. The summed E-state index contributed by atoms with van der Waals surface area (Å²) >= 11 is 1.64. The SMILES string of the molecule is Cn1c(CC(=O)Nc2ccc(C(C)(C)C)cc2)csc1=NC1CCCCC1. The first-order valence-corrected chi connectivity index (χ1v) is 10.8. The van der Waals surface area contributed by atoms with E-state index in [1.54, 1.807) is 11.3 Å². The first kappa shape index (κ1) is 19.9. The molecule has 0 aliphatic heterocycles. The summed E-state index contributed by atoms with van der Waals surface area (Å²) in [6, 6.07) is 8.58. The minimum absolute atomic E-state index is 0.0103. The topological polar surface area (TPSA) is 46.4 Å². The van der Waals surface area contributed by atoms with Crippen LogP contribution in [0.4, 0.5) is 5.69 Å². The fourth-order valence-electron chi connectivity index (χ4n) is 3.47. The zero-order chi connectivity index (χ0) is 19.4. The molecule has 1 fully saturated rings. The second kappa shape index (κ2) is 8.42. The number of thiazole rings is 1. The van der Waals surface area contributed by atoms with Gasteiger partial charge in [0.2, 0.25) is 5.91 Å². The van der Waals surface area contributed by atoms with Gasteiger partial charge in [0.1, 0.15) is 0 Å². The second-order valence-electron chi connectivity index (χ2n) is 8.54. The monoisotopic (exact) mass is 385 g/mol.